The van der Waals surface area contributed by atoms with Gasteiger partial charge < -0.3 is 14.9 Å². The lowest BCUT2D eigenvalue weighted by atomic mass is 9.80. The second-order valence-corrected chi connectivity index (χ2v) is 4.13. The van der Waals surface area contributed by atoms with E-state index in [1.165, 1.54) is 0 Å². The monoisotopic (exact) mass is 184 g/mol. The molecule has 2 rings (SSSR count). The third kappa shape index (κ3) is 1.64. The summed E-state index contributed by atoms with van der Waals surface area (Å²) in [5, 5.41) is 19.5. The molecule has 1 heterocycles. The summed E-state index contributed by atoms with van der Waals surface area (Å²) in [6.07, 6.45) is 5.00. The van der Waals surface area contributed by atoms with Gasteiger partial charge in [-0.15, -0.1) is 0 Å². The van der Waals surface area contributed by atoms with Crippen molar-refractivity contribution in [2.24, 2.45) is 0 Å². The first-order chi connectivity index (χ1) is 6.10. The molecule has 74 valence electrons. The Morgan fingerprint density at radius 2 is 2.31 bits per heavy atom. The van der Waals surface area contributed by atoms with E-state index in [-0.39, 0.29) is 12.2 Å². The van der Waals surface area contributed by atoms with E-state index >= 15 is 0 Å². The molecule has 0 spiro atoms. The molecule has 3 heteroatoms. The van der Waals surface area contributed by atoms with Gasteiger partial charge in [0.15, 0.2) is 0 Å². The lowest BCUT2D eigenvalue weighted by Gasteiger charge is -2.43. The van der Waals surface area contributed by atoms with Crippen LogP contribution in [-0.4, -0.2) is 34.1 Å². The van der Waals surface area contributed by atoms with E-state index < -0.39 is 11.7 Å². The van der Waals surface area contributed by atoms with Crippen LogP contribution in [-0.2, 0) is 4.74 Å². The quantitative estimate of drug-likeness (QED) is 0.542. The number of ether oxygens (including phenoxy) is 1. The van der Waals surface area contributed by atoms with Gasteiger partial charge in [-0.25, -0.2) is 0 Å². The maximum Gasteiger partial charge on any atom is 0.109 e. The zero-order valence-electron chi connectivity index (χ0n) is 7.81. The predicted molar refractivity (Wildman–Crippen MR) is 48.3 cm³/mol. The maximum atomic E-state index is 10.1. The van der Waals surface area contributed by atoms with Crippen molar-refractivity contribution in [3.05, 3.63) is 12.2 Å². The molecule has 0 aromatic carbocycles. The van der Waals surface area contributed by atoms with Crippen LogP contribution in [0.25, 0.3) is 0 Å². The van der Waals surface area contributed by atoms with Crippen LogP contribution in [0.3, 0.4) is 0 Å². The van der Waals surface area contributed by atoms with Crippen LogP contribution < -0.4 is 0 Å². The molecular formula is C10H16O3. The fourth-order valence-electron chi connectivity index (χ4n) is 2.09. The molecule has 1 aliphatic heterocycles. The lowest BCUT2D eigenvalue weighted by molar-refractivity contribution is -0.162. The van der Waals surface area contributed by atoms with Crippen molar-refractivity contribution in [3.8, 4) is 0 Å². The summed E-state index contributed by atoms with van der Waals surface area (Å²) in [6.45, 7) is 2.00. The molecule has 1 fully saturated rings. The SMILES string of the molecule is CC1CCC2(O)C=CC(O)CC2O1. The molecular weight excluding hydrogens is 168 g/mol. The Kier molecular flexibility index (Phi) is 2.18. The van der Waals surface area contributed by atoms with Gasteiger partial charge in [-0.05, 0) is 19.8 Å². The van der Waals surface area contributed by atoms with Gasteiger partial charge in [0.05, 0.1) is 18.3 Å². The number of hydrogen-bond acceptors (Lipinski definition) is 3. The van der Waals surface area contributed by atoms with Crippen molar-refractivity contribution in [1.29, 1.82) is 0 Å². The van der Waals surface area contributed by atoms with Crippen molar-refractivity contribution >= 4 is 0 Å². The van der Waals surface area contributed by atoms with Gasteiger partial charge in [0.1, 0.15) is 5.60 Å². The van der Waals surface area contributed by atoms with Gasteiger partial charge >= 0.3 is 0 Å². The third-order valence-electron chi connectivity index (χ3n) is 2.97. The Bertz CT molecular complexity index is 226. The smallest absolute Gasteiger partial charge is 0.109 e. The molecule has 4 unspecified atom stereocenters. The maximum absolute atomic E-state index is 10.1. The normalized spacial score (nSPS) is 50.2. The van der Waals surface area contributed by atoms with Crippen LogP contribution in [0.4, 0.5) is 0 Å². The van der Waals surface area contributed by atoms with Crippen molar-refractivity contribution in [2.75, 3.05) is 0 Å². The second-order valence-electron chi connectivity index (χ2n) is 4.13. The van der Waals surface area contributed by atoms with E-state index in [9.17, 15) is 10.2 Å². The number of aliphatic hydroxyl groups excluding tert-OH is 1. The Morgan fingerprint density at radius 3 is 3.08 bits per heavy atom. The minimum absolute atomic E-state index is 0.198. The van der Waals surface area contributed by atoms with Crippen LogP contribution in [0, 0.1) is 0 Å². The minimum Gasteiger partial charge on any atom is -0.389 e. The first kappa shape index (κ1) is 9.19. The van der Waals surface area contributed by atoms with Crippen molar-refractivity contribution in [3.63, 3.8) is 0 Å². The van der Waals surface area contributed by atoms with Crippen molar-refractivity contribution in [2.45, 2.75) is 50.1 Å². The predicted octanol–water partition coefficient (Wildman–Crippen LogP) is 0.606. The second kappa shape index (κ2) is 3.08. The topological polar surface area (TPSA) is 49.7 Å². The van der Waals surface area contributed by atoms with Gasteiger partial charge in [0.25, 0.3) is 0 Å². The molecule has 0 amide bonds. The zero-order chi connectivity index (χ0) is 9.47. The summed E-state index contributed by atoms with van der Waals surface area (Å²) in [4.78, 5) is 0. The molecule has 2 aliphatic rings. The van der Waals surface area contributed by atoms with Gasteiger partial charge in [-0.1, -0.05) is 12.2 Å². The Balaban J connectivity index is 2.17. The number of fused-ring (bicyclic) bond motifs is 1. The number of rotatable bonds is 0. The van der Waals surface area contributed by atoms with Crippen LogP contribution >= 0.6 is 0 Å². The van der Waals surface area contributed by atoms with E-state index in [0.29, 0.717) is 6.42 Å². The van der Waals surface area contributed by atoms with E-state index in [1.807, 2.05) is 6.92 Å². The number of aliphatic hydroxyl groups is 2. The summed E-state index contributed by atoms with van der Waals surface area (Å²) in [5.41, 5.74) is -0.828. The first-order valence-electron chi connectivity index (χ1n) is 4.85. The fraction of sp³-hybridized carbons (Fsp3) is 0.800. The average Bonchev–Trinajstić information content (AvgIpc) is 2.08. The van der Waals surface area contributed by atoms with Crippen molar-refractivity contribution < 1.29 is 14.9 Å². The highest BCUT2D eigenvalue weighted by atomic mass is 16.5. The summed E-state index contributed by atoms with van der Waals surface area (Å²) in [5.74, 6) is 0. The van der Waals surface area contributed by atoms with Crippen LogP contribution in [0.2, 0.25) is 0 Å². The summed E-state index contributed by atoms with van der Waals surface area (Å²) < 4.78 is 5.60. The van der Waals surface area contributed by atoms with E-state index in [0.717, 1.165) is 12.8 Å². The van der Waals surface area contributed by atoms with Gasteiger partial charge in [0, 0.05) is 6.42 Å². The van der Waals surface area contributed by atoms with Gasteiger partial charge in [-0.3, -0.25) is 0 Å². The molecule has 1 aliphatic carbocycles. The fourth-order valence-corrected chi connectivity index (χ4v) is 2.09. The average molecular weight is 184 g/mol. The number of hydrogen-bond donors (Lipinski definition) is 2. The summed E-state index contributed by atoms with van der Waals surface area (Å²) >= 11 is 0. The van der Waals surface area contributed by atoms with Crippen LogP contribution in [0.1, 0.15) is 26.2 Å². The molecule has 0 aromatic heterocycles. The Morgan fingerprint density at radius 1 is 1.54 bits per heavy atom. The van der Waals surface area contributed by atoms with Gasteiger partial charge in [-0.2, -0.15) is 0 Å². The highest BCUT2D eigenvalue weighted by molar-refractivity contribution is 5.14. The molecule has 0 bridgehead atoms. The zero-order valence-corrected chi connectivity index (χ0v) is 7.81. The molecule has 1 saturated heterocycles. The standard InChI is InChI=1S/C10H16O3/c1-7-2-4-10(12)5-3-8(11)6-9(10)13-7/h3,5,7-9,11-12H,2,4,6H2,1H3. The Hall–Kier alpha value is -0.380. The molecule has 0 radical (unpaired) electrons. The minimum atomic E-state index is -0.828. The van der Waals surface area contributed by atoms with E-state index in [2.05, 4.69) is 0 Å². The lowest BCUT2D eigenvalue weighted by Crippen LogP contribution is -2.51. The third-order valence-corrected chi connectivity index (χ3v) is 2.97. The van der Waals surface area contributed by atoms with E-state index in [4.69, 9.17) is 4.74 Å². The van der Waals surface area contributed by atoms with Crippen molar-refractivity contribution in [1.82, 2.24) is 0 Å². The van der Waals surface area contributed by atoms with Gasteiger partial charge in [0.2, 0.25) is 0 Å². The Labute approximate surface area is 78.0 Å². The molecule has 2 N–H and O–H groups in total. The highest BCUT2D eigenvalue weighted by Crippen LogP contribution is 2.35. The molecule has 0 saturated carbocycles. The molecule has 4 atom stereocenters. The van der Waals surface area contributed by atoms with Crippen LogP contribution in [0.5, 0.6) is 0 Å². The molecule has 0 aromatic rings. The molecule has 13 heavy (non-hydrogen) atoms. The summed E-state index contributed by atoms with van der Waals surface area (Å²) in [6, 6.07) is 0. The molecule has 3 nitrogen and oxygen atoms in total. The summed E-state index contributed by atoms with van der Waals surface area (Å²) in [7, 11) is 0. The highest BCUT2D eigenvalue weighted by Gasteiger charge is 2.42. The largest absolute Gasteiger partial charge is 0.389 e. The first-order valence-corrected chi connectivity index (χ1v) is 4.85. The van der Waals surface area contributed by atoms with Crippen LogP contribution in [0.15, 0.2) is 12.2 Å². The van der Waals surface area contributed by atoms with E-state index in [1.54, 1.807) is 12.2 Å².